The number of halogens is 1. The van der Waals surface area contributed by atoms with Crippen LogP contribution in [-0.4, -0.2) is 39.5 Å². The standard InChI is InChI=1S/C17H28BrNO2/c1-17(2,21-4)9-8-15(13-19-10-11-20-3)14-6-5-7-16(18)12-14/h5-7,12,15,19H,8-11,13H2,1-4H3. The fourth-order valence-corrected chi connectivity index (χ4v) is 2.64. The Labute approximate surface area is 137 Å². The summed E-state index contributed by atoms with van der Waals surface area (Å²) in [6, 6.07) is 8.58. The average Bonchev–Trinajstić information content (AvgIpc) is 2.46. The maximum atomic E-state index is 5.54. The van der Waals surface area contributed by atoms with Crippen LogP contribution in [0.15, 0.2) is 28.7 Å². The van der Waals surface area contributed by atoms with E-state index in [4.69, 9.17) is 9.47 Å². The lowest BCUT2D eigenvalue weighted by atomic mass is 9.89. The predicted molar refractivity (Wildman–Crippen MR) is 92.0 cm³/mol. The summed E-state index contributed by atoms with van der Waals surface area (Å²) in [5.74, 6) is 0.480. The lowest BCUT2D eigenvalue weighted by molar-refractivity contribution is 0.0124. The van der Waals surface area contributed by atoms with Gasteiger partial charge in [-0.15, -0.1) is 0 Å². The highest BCUT2D eigenvalue weighted by molar-refractivity contribution is 9.10. The molecule has 3 nitrogen and oxygen atoms in total. The number of hydrogen-bond acceptors (Lipinski definition) is 3. The van der Waals surface area contributed by atoms with Crippen LogP contribution in [0.1, 0.15) is 38.2 Å². The van der Waals surface area contributed by atoms with E-state index in [1.807, 2.05) is 0 Å². The molecule has 0 saturated carbocycles. The van der Waals surface area contributed by atoms with Gasteiger partial charge in [0, 0.05) is 31.8 Å². The first-order chi connectivity index (χ1) is 9.98. The molecule has 0 saturated heterocycles. The Morgan fingerprint density at radius 3 is 2.67 bits per heavy atom. The fraction of sp³-hybridized carbons (Fsp3) is 0.647. The fourth-order valence-electron chi connectivity index (χ4n) is 2.22. The van der Waals surface area contributed by atoms with Gasteiger partial charge in [0.25, 0.3) is 0 Å². The van der Waals surface area contributed by atoms with E-state index in [1.54, 1.807) is 14.2 Å². The van der Waals surface area contributed by atoms with Crippen LogP contribution in [0.4, 0.5) is 0 Å². The highest BCUT2D eigenvalue weighted by Gasteiger charge is 2.20. The van der Waals surface area contributed by atoms with Crippen LogP contribution in [0, 0.1) is 0 Å². The van der Waals surface area contributed by atoms with Crippen molar-refractivity contribution in [3.05, 3.63) is 34.3 Å². The second-order valence-electron chi connectivity index (χ2n) is 5.95. The van der Waals surface area contributed by atoms with E-state index in [1.165, 1.54) is 5.56 Å². The van der Waals surface area contributed by atoms with Gasteiger partial charge in [0.2, 0.25) is 0 Å². The van der Waals surface area contributed by atoms with Crippen molar-refractivity contribution in [3.8, 4) is 0 Å². The van der Waals surface area contributed by atoms with Crippen molar-refractivity contribution in [1.29, 1.82) is 0 Å². The molecule has 0 aliphatic heterocycles. The Balaban J connectivity index is 2.65. The molecular weight excluding hydrogens is 330 g/mol. The third-order valence-corrected chi connectivity index (χ3v) is 4.33. The van der Waals surface area contributed by atoms with Crippen molar-refractivity contribution in [2.75, 3.05) is 33.9 Å². The molecule has 4 heteroatoms. The lowest BCUT2D eigenvalue weighted by Gasteiger charge is -2.26. The molecular formula is C17H28BrNO2. The van der Waals surface area contributed by atoms with Gasteiger partial charge in [0.15, 0.2) is 0 Å². The molecule has 0 spiro atoms. The number of ether oxygens (including phenoxy) is 2. The molecule has 1 atom stereocenters. The Morgan fingerprint density at radius 1 is 1.29 bits per heavy atom. The summed E-state index contributed by atoms with van der Waals surface area (Å²) < 4.78 is 11.8. The first kappa shape index (κ1) is 18.6. The Kier molecular flexibility index (Phi) is 8.49. The van der Waals surface area contributed by atoms with E-state index >= 15 is 0 Å². The molecule has 0 bridgehead atoms. The lowest BCUT2D eigenvalue weighted by Crippen LogP contribution is -2.28. The van der Waals surface area contributed by atoms with Gasteiger partial charge < -0.3 is 14.8 Å². The van der Waals surface area contributed by atoms with E-state index in [-0.39, 0.29) is 5.60 Å². The maximum absolute atomic E-state index is 5.54. The number of nitrogens with one attached hydrogen (secondary N) is 1. The summed E-state index contributed by atoms with van der Waals surface area (Å²) >= 11 is 3.56. The van der Waals surface area contributed by atoms with Crippen LogP contribution in [0.5, 0.6) is 0 Å². The number of benzene rings is 1. The Morgan fingerprint density at radius 2 is 2.05 bits per heavy atom. The second kappa shape index (κ2) is 9.57. The largest absolute Gasteiger partial charge is 0.383 e. The van der Waals surface area contributed by atoms with Gasteiger partial charge in [0.1, 0.15) is 0 Å². The highest BCUT2D eigenvalue weighted by atomic mass is 79.9. The minimum atomic E-state index is -0.0726. The zero-order valence-corrected chi connectivity index (χ0v) is 15.2. The molecule has 0 fully saturated rings. The molecule has 0 amide bonds. The van der Waals surface area contributed by atoms with Gasteiger partial charge in [-0.2, -0.15) is 0 Å². The van der Waals surface area contributed by atoms with Crippen molar-refractivity contribution >= 4 is 15.9 Å². The summed E-state index contributed by atoms with van der Waals surface area (Å²) in [4.78, 5) is 0. The molecule has 1 unspecified atom stereocenters. The van der Waals surface area contributed by atoms with Gasteiger partial charge in [-0.05, 0) is 50.3 Å². The smallest absolute Gasteiger partial charge is 0.0623 e. The van der Waals surface area contributed by atoms with Crippen LogP contribution in [0.2, 0.25) is 0 Å². The molecule has 0 heterocycles. The molecule has 1 aromatic rings. The first-order valence-corrected chi connectivity index (χ1v) is 8.28. The summed E-state index contributed by atoms with van der Waals surface area (Å²) in [6.45, 7) is 6.87. The normalized spacial score (nSPS) is 13.4. The van der Waals surface area contributed by atoms with E-state index in [2.05, 4.69) is 59.4 Å². The molecule has 1 aromatic carbocycles. The third-order valence-electron chi connectivity index (χ3n) is 3.84. The van der Waals surface area contributed by atoms with Crippen LogP contribution < -0.4 is 5.32 Å². The molecule has 120 valence electrons. The highest BCUT2D eigenvalue weighted by Crippen LogP contribution is 2.27. The van der Waals surface area contributed by atoms with Gasteiger partial charge in [-0.25, -0.2) is 0 Å². The number of rotatable bonds is 10. The molecule has 0 aromatic heterocycles. The van der Waals surface area contributed by atoms with E-state index < -0.39 is 0 Å². The quantitative estimate of drug-likeness (QED) is 0.642. The average molecular weight is 358 g/mol. The summed E-state index contributed by atoms with van der Waals surface area (Å²) in [7, 11) is 3.51. The van der Waals surface area contributed by atoms with Crippen LogP contribution >= 0.6 is 15.9 Å². The van der Waals surface area contributed by atoms with Crippen molar-refractivity contribution in [3.63, 3.8) is 0 Å². The minimum Gasteiger partial charge on any atom is -0.383 e. The SMILES string of the molecule is COCCNCC(CCC(C)(C)OC)c1cccc(Br)c1. The second-order valence-corrected chi connectivity index (χ2v) is 6.87. The monoisotopic (exact) mass is 357 g/mol. The van der Waals surface area contributed by atoms with Crippen molar-refractivity contribution in [2.24, 2.45) is 0 Å². The number of methoxy groups -OCH3 is 2. The maximum Gasteiger partial charge on any atom is 0.0623 e. The number of hydrogen-bond donors (Lipinski definition) is 1. The van der Waals surface area contributed by atoms with E-state index in [9.17, 15) is 0 Å². The third kappa shape index (κ3) is 7.41. The van der Waals surface area contributed by atoms with Crippen molar-refractivity contribution in [2.45, 2.75) is 38.2 Å². The summed E-state index contributed by atoms with van der Waals surface area (Å²) in [5.41, 5.74) is 1.29. The van der Waals surface area contributed by atoms with Gasteiger partial charge in [-0.3, -0.25) is 0 Å². The Bertz CT molecular complexity index is 410. The van der Waals surface area contributed by atoms with Crippen LogP contribution in [-0.2, 0) is 9.47 Å². The van der Waals surface area contributed by atoms with E-state index in [0.717, 1.165) is 37.0 Å². The molecule has 1 N–H and O–H groups in total. The first-order valence-electron chi connectivity index (χ1n) is 7.49. The van der Waals surface area contributed by atoms with E-state index in [0.29, 0.717) is 5.92 Å². The van der Waals surface area contributed by atoms with Crippen LogP contribution in [0.25, 0.3) is 0 Å². The van der Waals surface area contributed by atoms with Crippen molar-refractivity contribution < 1.29 is 9.47 Å². The summed E-state index contributed by atoms with van der Waals surface area (Å²) in [5, 5.41) is 3.48. The zero-order chi connectivity index (χ0) is 15.7. The Hall–Kier alpha value is -0.420. The predicted octanol–water partition coefficient (Wildman–Crippen LogP) is 3.97. The molecule has 0 aliphatic carbocycles. The molecule has 0 radical (unpaired) electrons. The molecule has 21 heavy (non-hydrogen) atoms. The minimum absolute atomic E-state index is 0.0726. The zero-order valence-electron chi connectivity index (χ0n) is 13.6. The van der Waals surface area contributed by atoms with Gasteiger partial charge in [-0.1, -0.05) is 28.1 Å². The van der Waals surface area contributed by atoms with Crippen LogP contribution in [0.3, 0.4) is 0 Å². The topological polar surface area (TPSA) is 30.5 Å². The van der Waals surface area contributed by atoms with Gasteiger partial charge >= 0.3 is 0 Å². The summed E-state index contributed by atoms with van der Waals surface area (Å²) in [6.07, 6.45) is 2.13. The van der Waals surface area contributed by atoms with Crippen molar-refractivity contribution in [1.82, 2.24) is 5.32 Å². The molecule has 1 rings (SSSR count). The molecule has 0 aliphatic rings. The van der Waals surface area contributed by atoms with Gasteiger partial charge in [0.05, 0.1) is 12.2 Å².